The minimum Gasteiger partial charge on any atom is -0.466 e. The highest BCUT2D eigenvalue weighted by molar-refractivity contribution is 9.10. The van der Waals surface area contributed by atoms with Gasteiger partial charge in [0, 0.05) is 6.54 Å². The molecule has 0 aliphatic carbocycles. The summed E-state index contributed by atoms with van der Waals surface area (Å²) in [6.07, 6.45) is 1.96. The molecule has 0 aromatic carbocycles. The lowest BCUT2D eigenvalue weighted by Crippen LogP contribution is -2.40. The molecule has 1 fully saturated rings. The lowest BCUT2D eigenvalue weighted by Gasteiger charge is -2.31. The van der Waals surface area contributed by atoms with Crippen LogP contribution in [0.3, 0.4) is 0 Å². The number of aromatic nitrogens is 2. The van der Waals surface area contributed by atoms with E-state index in [-0.39, 0.29) is 11.9 Å². The average molecular weight is 344 g/mol. The maximum Gasteiger partial charge on any atom is 0.310 e. The summed E-state index contributed by atoms with van der Waals surface area (Å²) in [5, 5.41) is 4.52. The first-order valence-electron chi connectivity index (χ1n) is 7.11. The topological polar surface area (TPSA) is 47.4 Å². The molecule has 1 aromatic heterocycles. The van der Waals surface area contributed by atoms with Gasteiger partial charge in [-0.05, 0) is 56.1 Å². The molecule has 1 unspecified atom stereocenters. The van der Waals surface area contributed by atoms with Crippen LogP contribution in [0.1, 0.15) is 31.2 Å². The van der Waals surface area contributed by atoms with Crippen LogP contribution in [0.25, 0.3) is 0 Å². The predicted molar refractivity (Wildman–Crippen MR) is 80.3 cm³/mol. The molecule has 1 saturated heterocycles. The van der Waals surface area contributed by atoms with E-state index in [4.69, 9.17) is 4.74 Å². The summed E-state index contributed by atoms with van der Waals surface area (Å²) in [5.74, 6) is -0.0594. The third kappa shape index (κ3) is 3.41. The second kappa shape index (κ2) is 6.72. The van der Waals surface area contributed by atoms with Crippen molar-refractivity contribution in [2.75, 3.05) is 19.7 Å². The molecule has 0 bridgehead atoms. The van der Waals surface area contributed by atoms with E-state index in [9.17, 15) is 4.79 Å². The van der Waals surface area contributed by atoms with E-state index in [0.29, 0.717) is 6.61 Å². The first-order valence-corrected chi connectivity index (χ1v) is 7.90. The highest BCUT2D eigenvalue weighted by atomic mass is 79.9. The zero-order valence-electron chi connectivity index (χ0n) is 12.4. The Balaban J connectivity index is 1.99. The number of ether oxygens (including phenoxy) is 1. The number of carbonyl (C=O) groups is 1. The molecule has 0 amide bonds. The molecule has 0 saturated carbocycles. The summed E-state index contributed by atoms with van der Waals surface area (Å²) in [6, 6.07) is 0. The minimum absolute atomic E-state index is 0.00380. The number of likely N-dealkylation sites (tertiary alicyclic amines) is 1. The Morgan fingerprint density at radius 3 is 2.85 bits per heavy atom. The van der Waals surface area contributed by atoms with Crippen LogP contribution in [0.4, 0.5) is 0 Å². The summed E-state index contributed by atoms with van der Waals surface area (Å²) >= 11 is 3.54. The largest absolute Gasteiger partial charge is 0.466 e. The van der Waals surface area contributed by atoms with Crippen LogP contribution in [0.5, 0.6) is 0 Å². The molecule has 2 rings (SSSR count). The van der Waals surface area contributed by atoms with Crippen molar-refractivity contribution in [3.05, 3.63) is 15.9 Å². The maximum absolute atomic E-state index is 11.8. The summed E-state index contributed by atoms with van der Waals surface area (Å²) in [5.41, 5.74) is 2.13. The van der Waals surface area contributed by atoms with E-state index in [1.54, 1.807) is 0 Å². The fraction of sp³-hybridized carbons (Fsp3) is 0.714. The van der Waals surface area contributed by atoms with Gasteiger partial charge in [0.1, 0.15) is 0 Å². The number of aryl methyl sites for hydroxylation is 1. The van der Waals surface area contributed by atoms with E-state index in [2.05, 4.69) is 32.9 Å². The molecular weight excluding hydrogens is 322 g/mol. The maximum atomic E-state index is 11.8. The highest BCUT2D eigenvalue weighted by Crippen LogP contribution is 2.22. The summed E-state index contributed by atoms with van der Waals surface area (Å²) in [7, 11) is 0. The fourth-order valence-electron chi connectivity index (χ4n) is 2.64. The molecule has 2 heterocycles. The molecule has 112 valence electrons. The average Bonchev–Trinajstić information content (AvgIpc) is 2.67. The molecule has 1 aliphatic rings. The van der Waals surface area contributed by atoms with Gasteiger partial charge in [-0.25, -0.2) is 0 Å². The van der Waals surface area contributed by atoms with Crippen LogP contribution < -0.4 is 0 Å². The standard InChI is InChI=1S/C14H22BrN3O2/c1-4-20-14(19)12-6-5-7-17(8-12)9-18-11(3)13(15)10(2)16-18/h12H,4-9H2,1-3H3. The SMILES string of the molecule is CCOC(=O)C1CCCN(Cn2nc(C)c(Br)c2C)C1. The number of halogens is 1. The third-order valence-electron chi connectivity index (χ3n) is 3.75. The number of rotatable bonds is 4. The number of esters is 1. The third-order valence-corrected chi connectivity index (χ3v) is 4.90. The number of carbonyl (C=O) groups excluding carboxylic acids is 1. The fourth-order valence-corrected chi connectivity index (χ4v) is 2.92. The van der Waals surface area contributed by atoms with E-state index in [0.717, 1.165) is 48.5 Å². The van der Waals surface area contributed by atoms with Crippen LogP contribution in [-0.4, -0.2) is 40.3 Å². The van der Waals surface area contributed by atoms with Crippen molar-refractivity contribution in [2.24, 2.45) is 5.92 Å². The van der Waals surface area contributed by atoms with Gasteiger partial charge in [0.15, 0.2) is 0 Å². The van der Waals surface area contributed by atoms with Crippen molar-refractivity contribution in [1.82, 2.24) is 14.7 Å². The Kier molecular flexibility index (Phi) is 5.21. The lowest BCUT2D eigenvalue weighted by atomic mass is 9.99. The summed E-state index contributed by atoms with van der Waals surface area (Å²) < 4.78 is 8.19. The van der Waals surface area contributed by atoms with Crippen LogP contribution in [0, 0.1) is 19.8 Å². The molecule has 1 aliphatic heterocycles. The zero-order chi connectivity index (χ0) is 14.7. The summed E-state index contributed by atoms with van der Waals surface area (Å²) in [4.78, 5) is 14.1. The van der Waals surface area contributed by atoms with Crippen molar-refractivity contribution < 1.29 is 9.53 Å². The van der Waals surface area contributed by atoms with Crippen LogP contribution in [0.2, 0.25) is 0 Å². The van der Waals surface area contributed by atoms with Gasteiger partial charge in [-0.1, -0.05) is 0 Å². The second-order valence-electron chi connectivity index (χ2n) is 5.29. The molecule has 0 radical (unpaired) electrons. The first-order chi connectivity index (χ1) is 9.52. The summed E-state index contributed by atoms with van der Waals surface area (Å²) in [6.45, 7) is 8.85. The van der Waals surface area contributed by atoms with Crippen LogP contribution in [-0.2, 0) is 16.2 Å². The number of piperidine rings is 1. The van der Waals surface area contributed by atoms with Gasteiger partial charge in [0.2, 0.25) is 0 Å². The van der Waals surface area contributed by atoms with Gasteiger partial charge in [-0.3, -0.25) is 14.4 Å². The van der Waals surface area contributed by atoms with Crippen molar-refractivity contribution in [1.29, 1.82) is 0 Å². The molecule has 0 spiro atoms. The van der Waals surface area contributed by atoms with Crippen LogP contribution >= 0.6 is 15.9 Å². The van der Waals surface area contributed by atoms with Gasteiger partial charge < -0.3 is 4.74 Å². The van der Waals surface area contributed by atoms with Gasteiger partial charge in [0.25, 0.3) is 0 Å². The minimum atomic E-state index is -0.0632. The predicted octanol–water partition coefficient (Wildman–Crippen LogP) is 2.50. The highest BCUT2D eigenvalue weighted by Gasteiger charge is 2.27. The second-order valence-corrected chi connectivity index (χ2v) is 6.09. The normalized spacial score (nSPS) is 20.1. The monoisotopic (exact) mass is 343 g/mol. The van der Waals surface area contributed by atoms with E-state index in [1.165, 1.54) is 0 Å². The Morgan fingerprint density at radius 2 is 2.25 bits per heavy atom. The smallest absolute Gasteiger partial charge is 0.310 e. The van der Waals surface area contributed by atoms with Crippen molar-refractivity contribution in [2.45, 2.75) is 40.3 Å². The van der Waals surface area contributed by atoms with Crippen molar-refractivity contribution in [3.63, 3.8) is 0 Å². The Labute approximate surface area is 128 Å². The number of nitrogens with zero attached hydrogens (tertiary/aromatic N) is 3. The van der Waals surface area contributed by atoms with Gasteiger partial charge in [-0.2, -0.15) is 5.10 Å². The molecule has 0 N–H and O–H groups in total. The first kappa shape index (κ1) is 15.5. The Morgan fingerprint density at radius 1 is 1.50 bits per heavy atom. The quantitative estimate of drug-likeness (QED) is 0.788. The molecule has 6 heteroatoms. The molecule has 20 heavy (non-hydrogen) atoms. The number of hydrogen-bond acceptors (Lipinski definition) is 4. The molecule has 5 nitrogen and oxygen atoms in total. The Bertz CT molecular complexity index is 487. The zero-order valence-corrected chi connectivity index (χ0v) is 13.9. The molecular formula is C14H22BrN3O2. The Hall–Kier alpha value is -0.880. The van der Waals surface area contributed by atoms with Gasteiger partial charge >= 0.3 is 5.97 Å². The van der Waals surface area contributed by atoms with E-state index in [1.807, 2.05) is 18.5 Å². The molecule has 1 aromatic rings. The van der Waals surface area contributed by atoms with E-state index >= 15 is 0 Å². The van der Waals surface area contributed by atoms with Gasteiger partial charge in [0.05, 0.1) is 35.1 Å². The van der Waals surface area contributed by atoms with Gasteiger partial charge in [-0.15, -0.1) is 0 Å². The molecule has 1 atom stereocenters. The van der Waals surface area contributed by atoms with Crippen molar-refractivity contribution >= 4 is 21.9 Å². The number of hydrogen-bond donors (Lipinski definition) is 0. The van der Waals surface area contributed by atoms with E-state index < -0.39 is 0 Å². The van der Waals surface area contributed by atoms with Crippen molar-refractivity contribution in [3.8, 4) is 0 Å². The van der Waals surface area contributed by atoms with Crippen LogP contribution in [0.15, 0.2) is 4.47 Å². The lowest BCUT2D eigenvalue weighted by molar-refractivity contribution is -0.150.